The van der Waals surface area contributed by atoms with Gasteiger partial charge in [0.1, 0.15) is 21.7 Å². The van der Waals surface area contributed by atoms with E-state index < -0.39 is 16.0 Å². The molecule has 9 nitrogen and oxygen atoms in total. The van der Waals surface area contributed by atoms with E-state index in [-0.39, 0.29) is 20.9 Å². The van der Waals surface area contributed by atoms with Crippen LogP contribution in [-0.2, 0) is 0 Å². The van der Waals surface area contributed by atoms with Gasteiger partial charge < -0.3 is 4.42 Å². The Hall–Kier alpha value is -3.66. The molecule has 0 fully saturated rings. The fourth-order valence-corrected chi connectivity index (χ4v) is 3.42. The third-order valence-electron chi connectivity index (χ3n) is 3.81. The zero-order valence-corrected chi connectivity index (χ0v) is 14.6. The minimum Gasteiger partial charge on any atom is -0.456 e. The van der Waals surface area contributed by atoms with Crippen LogP contribution in [0, 0.1) is 17.0 Å². The molecule has 0 aliphatic rings. The molecule has 134 valence electrons. The Morgan fingerprint density at radius 1 is 1.22 bits per heavy atom. The number of thiazole rings is 1. The summed E-state index contributed by atoms with van der Waals surface area (Å²) in [6, 6.07) is 9.41. The van der Waals surface area contributed by atoms with Crippen LogP contribution in [0.3, 0.4) is 0 Å². The summed E-state index contributed by atoms with van der Waals surface area (Å²) >= 11 is 1.01. The van der Waals surface area contributed by atoms with Gasteiger partial charge in [-0.1, -0.05) is 23.5 Å². The number of nitro groups is 1. The van der Waals surface area contributed by atoms with Crippen molar-refractivity contribution in [3.8, 4) is 11.3 Å². The molecule has 10 heteroatoms. The highest BCUT2D eigenvalue weighted by molar-refractivity contribution is 7.15. The molecular formula is C17H10N4O5S. The summed E-state index contributed by atoms with van der Waals surface area (Å²) in [5, 5.41) is 15.1. The molecular weight excluding hydrogens is 372 g/mol. The molecule has 4 rings (SSSR count). The first-order valence-electron chi connectivity index (χ1n) is 7.70. The van der Waals surface area contributed by atoms with Crippen LogP contribution in [0.1, 0.15) is 11.5 Å². The Morgan fingerprint density at radius 2 is 2.00 bits per heavy atom. The number of benzene rings is 1. The number of para-hydroxylation sites is 1. The lowest BCUT2D eigenvalue weighted by Crippen LogP contribution is -2.27. The second kappa shape index (κ2) is 6.25. The smallest absolute Gasteiger partial charge is 0.295 e. The summed E-state index contributed by atoms with van der Waals surface area (Å²) in [5.74, 6) is 0.648. The number of furan rings is 1. The molecule has 3 heterocycles. The number of fused-ring (bicyclic) bond motifs is 1. The zero-order chi connectivity index (χ0) is 19.1. The lowest BCUT2D eigenvalue weighted by Gasteiger charge is -1.98. The molecule has 0 N–H and O–H groups in total. The highest BCUT2D eigenvalue weighted by atomic mass is 32.1. The predicted octanol–water partition coefficient (Wildman–Crippen LogP) is 1.54. The monoisotopic (exact) mass is 382 g/mol. The van der Waals surface area contributed by atoms with E-state index in [1.807, 2.05) is 0 Å². The number of nitrogens with zero attached hydrogens (tertiary/aromatic N) is 4. The zero-order valence-electron chi connectivity index (χ0n) is 13.8. The van der Waals surface area contributed by atoms with E-state index in [0.717, 1.165) is 15.9 Å². The quantitative estimate of drug-likeness (QED) is 0.389. The molecule has 0 atom stereocenters. The summed E-state index contributed by atoms with van der Waals surface area (Å²) in [5.41, 5.74) is -0.517. The van der Waals surface area contributed by atoms with Crippen molar-refractivity contribution in [2.24, 2.45) is 0 Å². The lowest BCUT2D eigenvalue weighted by molar-refractivity contribution is -0.384. The molecule has 27 heavy (non-hydrogen) atoms. The van der Waals surface area contributed by atoms with E-state index in [9.17, 15) is 19.7 Å². The van der Waals surface area contributed by atoms with Crippen LogP contribution >= 0.6 is 11.3 Å². The molecule has 0 saturated heterocycles. The number of aryl methyl sites for hydroxylation is 1. The summed E-state index contributed by atoms with van der Waals surface area (Å²) in [4.78, 5) is 38.7. The number of aromatic nitrogens is 3. The first-order valence-corrected chi connectivity index (χ1v) is 8.51. The van der Waals surface area contributed by atoms with Crippen molar-refractivity contribution in [3.63, 3.8) is 0 Å². The van der Waals surface area contributed by atoms with Crippen molar-refractivity contribution in [1.29, 1.82) is 0 Å². The molecule has 0 aliphatic carbocycles. The maximum absolute atomic E-state index is 12.4. The Morgan fingerprint density at radius 3 is 2.78 bits per heavy atom. The van der Waals surface area contributed by atoms with Gasteiger partial charge in [-0.15, -0.1) is 0 Å². The Labute approximate surface area is 154 Å². The normalized spacial score (nSPS) is 12.0. The van der Waals surface area contributed by atoms with Crippen molar-refractivity contribution < 1.29 is 9.34 Å². The third kappa shape index (κ3) is 2.91. The van der Waals surface area contributed by atoms with Gasteiger partial charge in [-0.2, -0.15) is 14.6 Å². The van der Waals surface area contributed by atoms with Crippen molar-refractivity contribution >= 4 is 28.1 Å². The van der Waals surface area contributed by atoms with Crippen LogP contribution in [0.5, 0.6) is 0 Å². The fourth-order valence-electron chi connectivity index (χ4n) is 2.53. The van der Waals surface area contributed by atoms with E-state index in [1.165, 1.54) is 19.1 Å². The highest BCUT2D eigenvalue weighted by Crippen LogP contribution is 2.30. The van der Waals surface area contributed by atoms with Gasteiger partial charge in [0.15, 0.2) is 0 Å². The van der Waals surface area contributed by atoms with Crippen LogP contribution in [-0.4, -0.2) is 19.5 Å². The van der Waals surface area contributed by atoms with Crippen molar-refractivity contribution in [2.75, 3.05) is 0 Å². The molecule has 0 spiro atoms. The Balaban J connectivity index is 1.83. The average molecular weight is 382 g/mol. The van der Waals surface area contributed by atoms with Crippen molar-refractivity contribution in [1.82, 2.24) is 14.6 Å². The number of hydrogen-bond acceptors (Lipinski definition) is 8. The third-order valence-corrected chi connectivity index (χ3v) is 4.77. The summed E-state index contributed by atoms with van der Waals surface area (Å²) in [6.07, 6.45) is 1.49. The largest absolute Gasteiger partial charge is 0.456 e. The van der Waals surface area contributed by atoms with Gasteiger partial charge in [0, 0.05) is 12.1 Å². The van der Waals surface area contributed by atoms with E-state index in [4.69, 9.17) is 4.42 Å². The SMILES string of the molecule is Cc1nn2c(=O)/c(=C/c3ccc(-c4ccccc4[N+](=O)[O-])o3)sc2nc1=O. The number of nitro benzene ring substituents is 1. The predicted molar refractivity (Wildman–Crippen MR) is 97.7 cm³/mol. The highest BCUT2D eigenvalue weighted by Gasteiger charge is 2.17. The molecule has 0 aliphatic heterocycles. The average Bonchev–Trinajstić information content (AvgIpc) is 3.22. The first-order chi connectivity index (χ1) is 12.9. The maximum Gasteiger partial charge on any atom is 0.295 e. The van der Waals surface area contributed by atoms with E-state index in [1.54, 1.807) is 30.3 Å². The van der Waals surface area contributed by atoms with E-state index in [2.05, 4.69) is 10.1 Å². The van der Waals surface area contributed by atoms with Crippen molar-refractivity contribution in [3.05, 3.63) is 83.2 Å². The Bertz CT molecular complexity index is 1370. The van der Waals surface area contributed by atoms with E-state index in [0.29, 0.717) is 17.1 Å². The summed E-state index contributed by atoms with van der Waals surface area (Å²) < 4.78 is 7.01. The molecule has 0 bridgehead atoms. The minimum atomic E-state index is -0.487. The number of rotatable bonds is 3. The molecule has 0 amide bonds. The second-order valence-electron chi connectivity index (χ2n) is 5.59. The minimum absolute atomic E-state index is 0.0767. The Kier molecular flexibility index (Phi) is 3.89. The first kappa shape index (κ1) is 16.8. The van der Waals surface area contributed by atoms with E-state index >= 15 is 0 Å². The topological polar surface area (TPSA) is 121 Å². The van der Waals surface area contributed by atoms with Gasteiger partial charge in [-0.05, 0) is 25.1 Å². The molecule has 3 aromatic heterocycles. The second-order valence-corrected chi connectivity index (χ2v) is 6.60. The van der Waals surface area contributed by atoms with Crippen LogP contribution < -0.4 is 15.7 Å². The van der Waals surface area contributed by atoms with Gasteiger partial charge in [-0.25, -0.2) is 0 Å². The van der Waals surface area contributed by atoms with Crippen LogP contribution in [0.25, 0.3) is 22.4 Å². The standard InChI is InChI=1S/C17H10N4O5S/c1-9-15(22)18-17-20(19-9)16(23)14(27-17)8-10-6-7-13(26-10)11-4-2-3-5-12(11)21(24)25/h2-8H,1H3/b14-8-. The molecule has 4 aromatic rings. The van der Waals surface area contributed by atoms with Gasteiger partial charge in [0.25, 0.3) is 16.8 Å². The molecule has 0 unspecified atom stereocenters. The summed E-state index contributed by atoms with van der Waals surface area (Å²) in [7, 11) is 0. The van der Waals surface area contributed by atoms with Crippen LogP contribution in [0.2, 0.25) is 0 Å². The van der Waals surface area contributed by atoms with Gasteiger partial charge in [-0.3, -0.25) is 19.7 Å². The molecule has 1 aromatic carbocycles. The van der Waals surface area contributed by atoms with Gasteiger partial charge in [0.2, 0.25) is 4.96 Å². The lowest BCUT2D eigenvalue weighted by atomic mass is 10.1. The van der Waals surface area contributed by atoms with Crippen LogP contribution in [0.4, 0.5) is 5.69 Å². The fraction of sp³-hybridized carbons (Fsp3) is 0.0588. The summed E-state index contributed by atoms with van der Waals surface area (Å²) in [6.45, 7) is 1.48. The van der Waals surface area contributed by atoms with Crippen LogP contribution in [0.15, 0.2) is 50.4 Å². The maximum atomic E-state index is 12.4. The molecule has 0 saturated carbocycles. The molecule has 0 radical (unpaired) electrons. The van der Waals surface area contributed by atoms with Gasteiger partial charge in [0.05, 0.1) is 10.5 Å². The number of hydrogen-bond donors (Lipinski definition) is 0. The van der Waals surface area contributed by atoms with Gasteiger partial charge >= 0.3 is 0 Å². The van der Waals surface area contributed by atoms with Crippen molar-refractivity contribution in [2.45, 2.75) is 6.92 Å².